The quantitative estimate of drug-likeness (QED) is 0.417. The summed E-state index contributed by atoms with van der Waals surface area (Å²) in [6.07, 6.45) is 8.58. The number of nitrogens with one attached hydrogen (secondary N) is 2. The predicted molar refractivity (Wildman–Crippen MR) is 103 cm³/mol. The molecule has 23 heavy (non-hydrogen) atoms. The first-order valence-electron chi connectivity index (χ1n) is 9.12. The molecule has 2 rings (SSSR count). The highest BCUT2D eigenvalue weighted by Gasteiger charge is 2.24. The van der Waals surface area contributed by atoms with Gasteiger partial charge in [-0.1, -0.05) is 0 Å². The average molecular weight is 342 g/mol. The molecule has 0 aromatic carbocycles. The molecule has 0 radical (unpaired) electrons. The zero-order valence-corrected chi connectivity index (χ0v) is 16.0. The maximum atomic E-state index is 4.37. The molecule has 2 aliphatic rings. The summed E-state index contributed by atoms with van der Waals surface area (Å²) in [5.41, 5.74) is 0. The number of hydrogen-bond acceptors (Lipinski definition) is 4. The molecule has 1 aliphatic carbocycles. The Hall–Kier alpha value is -0.460. The molecule has 0 spiro atoms. The Balaban J connectivity index is 1.52. The van der Waals surface area contributed by atoms with Crippen LogP contribution in [0.5, 0.6) is 0 Å². The number of piperazine rings is 1. The van der Waals surface area contributed by atoms with Crippen molar-refractivity contribution in [1.82, 2.24) is 20.4 Å². The molecule has 2 unspecified atom stereocenters. The third-order valence-corrected chi connectivity index (χ3v) is 6.17. The van der Waals surface area contributed by atoms with Crippen LogP contribution in [0.15, 0.2) is 4.99 Å². The van der Waals surface area contributed by atoms with Crippen molar-refractivity contribution in [3.63, 3.8) is 0 Å². The predicted octanol–water partition coefficient (Wildman–Crippen LogP) is 1.46. The molecule has 1 saturated heterocycles. The van der Waals surface area contributed by atoms with E-state index in [2.05, 4.69) is 38.7 Å². The van der Waals surface area contributed by atoms with E-state index in [0.29, 0.717) is 6.04 Å². The molecule has 1 saturated carbocycles. The van der Waals surface area contributed by atoms with E-state index in [1.165, 1.54) is 64.8 Å². The number of rotatable bonds is 7. The summed E-state index contributed by atoms with van der Waals surface area (Å²) >= 11 is 2.00. The van der Waals surface area contributed by atoms with Gasteiger partial charge in [0.15, 0.2) is 5.96 Å². The molecule has 1 aliphatic heterocycles. The molecule has 2 fully saturated rings. The van der Waals surface area contributed by atoms with E-state index < -0.39 is 0 Å². The minimum Gasteiger partial charge on any atom is -0.356 e. The van der Waals surface area contributed by atoms with Crippen LogP contribution in [0, 0.1) is 0 Å². The number of likely N-dealkylation sites (N-methyl/N-ethyl adjacent to an activating group) is 1. The number of guanidine groups is 1. The maximum Gasteiger partial charge on any atom is 0.191 e. The Morgan fingerprint density at radius 2 is 1.96 bits per heavy atom. The van der Waals surface area contributed by atoms with Crippen LogP contribution >= 0.6 is 11.8 Å². The van der Waals surface area contributed by atoms with Gasteiger partial charge in [0.25, 0.3) is 0 Å². The molecule has 6 heteroatoms. The standard InChI is InChI=1S/C17H35N5S/c1-18-17(20-15-6-7-16(14-15)23-3)19-8-4-5-9-22-12-10-21(2)11-13-22/h15-16H,4-14H2,1-3H3,(H2,18,19,20). The Morgan fingerprint density at radius 1 is 1.17 bits per heavy atom. The second kappa shape index (κ2) is 10.4. The van der Waals surface area contributed by atoms with E-state index >= 15 is 0 Å². The van der Waals surface area contributed by atoms with Gasteiger partial charge in [-0.2, -0.15) is 11.8 Å². The fourth-order valence-corrected chi connectivity index (χ4v) is 4.21. The number of hydrogen-bond donors (Lipinski definition) is 2. The van der Waals surface area contributed by atoms with Crippen LogP contribution in [0.2, 0.25) is 0 Å². The minimum absolute atomic E-state index is 0.601. The fourth-order valence-electron chi connectivity index (χ4n) is 3.41. The van der Waals surface area contributed by atoms with Crippen molar-refractivity contribution in [3.05, 3.63) is 0 Å². The van der Waals surface area contributed by atoms with E-state index in [1.54, 1.807) is 0 Å². The van der Waals surface area contributed by atoms with Gasteiger partial charge in [-0.05, 0) is 52.0 Å². The molecule has 0 aromatic rings. The molecule has 5 nitrogen and oxygen atoms in total. The Kier molecular flexibility index (Phi) is 8.55. The van der Waals surface area contributed by atoms with Crippen molar-refractivity contribution in [2.45, 2.75) is 43.4 Å². The van der Waals surface area contributed by atoms with Crippen LogP contribution in [0.3, 0.4) is 0 Å². The summed E-state index contributed by atoms with van der Waals surface area (Å²) in [6, 6.07) is 0.601. The van der Waals surface area contributed by atoms with E-state index in [4.69, 9.17) is 0 Å². The number of unbranched alkanes of at least 4 members (excludes halogenated alkanes) is 1. The number of thioether (sulfide) groups is 1. The first-order chi connectivity index (χ1) is 11.2. The van der Waals surface area contributed by atoms with E-state index in [1.807, 2.05) is 18.8 Å². The Bertz CT molecular complexity index is 355. The average Bonchev–Trinajstić information content (AvgIpc) is 3.03. The molecule has 0 amide bonds. The zero-order valence-electron chi connectivity index (χ0n) is 15.2. The van der Waals surface area contributed by atoms with Crippen LogP contribution in [-0.4, -0.2) is 86.7 Å². The van der Waals surface area contributed by atoms with Crippen molar-refractivity contribution in [3.8, 4) is 0 Å². The summed E-state index contributed by atoms with van der Waals surface area (Å²) in [5.74, 6) is 0.983. The molecule has 0 aromatic heterocycles. The lowest BCUT2D eigenvalue weighted by Crippen LogP contribution is -2.45. The normalized spacial score (nSPS) is 27.3. The van der Waals surface area contributed by atoms with Crippen LogP contribution < -0.4 is 10.6 Å². The monoisotopic (exact) mass is 341 g/mol. The maximum absolute atomic E-state index is 4.37. The molecule has 2 atom stereocenters. The van der Waals surface area contributed by atoms with E-state index in [9.17, 15) is 0 Å². The van der Waals surface area contributed by atoms with Crippen molar-refractivity contribution < 1.29 is 0 Å². The molecule has 0 bridgehead atoms. The molecule has 134 valence electrons. The van der Waals surface area contributed by atoms with Crippen molar-refractivity contribution >= 4 is 17.7 Å². The molecule has 1 heterocycles. The number of nitrogens with zero attached hydrogens (tertiary/aromatic N) is 3. The summed E-state index contributed by atoms with van der Waals surface area (Å²) in [4.78, 5) is 9.38. The highest BCUT2D eigenvalue weighted by atomic mass is 32.2. The Morgan fingerprint density at radius 3 is 2.61 bits per heavy atom. The summed E-state index contributed by atoms with van der Waals surface area (Å²) in [6.45, 7) is 7.14. The van der Waals surface area contributed by atoms with Crippen molar-refractivity contribution in [2.75, 3.05) is 59.6 Å². The topological polar surface area (TPSA) is 42.9 Å². The second-order valence-corrected chi connectivity index (χ2v) is 8.00. The third-order valence-electron chi connectivity index (χ3n) is 5.07. The van der Waals surface area contributed by atoms with Crippen LogP contribution in [0.4, 0.5) is 0 Å². The smallest absolute Gasteiger partial charge is 0.191 e. The van der Waals surface area contributed by atoms with Gasteiger partial charge in [0.2, 0.25) is 0 Å². The van der Waals surface area contributed by atoms with Crippen molar-refractivity contribution in [1.29, 1.82) is 0 Å². The highest BCUT2D eigenvalue weighted by molar-refractivity contribution is 7.99. The zero-order chi connectivity index (χ0) is 16.5. The summed E-state index contributed by atoms with van der Waals surface area (Å²) in [5, 5.41) is 7.89. The van der Waals surface area contributed by atoms with E-state index in [0.717, 1.165) is 17.8 Å². The summed E-state index contributed by atoms with van der Waals surface area (Å²) < 4.78 is 0. The number of aliphatic imine (C=N–C) groups is 1. The fraction of sp³-hybridized carbons (Fsp3) is 0.941. The largest absolute Gasteiger partial charge is 0.356 e. The van der Waals surface area contributed by atoms with E-state index in [-0.39, 0.29) is 0 Å². The van der Waals surface area contributed by atoms with Crippen LogP contribution in [-0.2, 0) is 0 Å². The highest BCUT2D eigenvalue weighted by Crippen LogP contribution is 2.27. The Labute approximate surface area is 146 Å². The summed E-state index contributed by atoms with van der Waals surface area (Å²) in [7, 11) is 4.09. The van der Waals surface area contributed by atoms with Gasteiger partial charge in [-0.15, -0.1) is 0 Å². The van der Waals surface area contributed by atoms with Gasteiger partial charge < -0.3 is 20.4 Å². The van der Waals surface area contributed by atoms with Crippen LogP contribution in [0.1, 0.15) is 32.1 Å². The second-order valence-electron chi connectivity index (χ2n) is 6.86. The van der Waals surface area contributed by atoms with Gasteiger partial charge in [0, 0.05) is 51.1 Å². The lowest BCUT2D eigenvalue weighted by Gasteiger charge is -2.32. The van der Waals surface area contributed by atoms with Gasteiger partial charge in [0.1, 0.15) is 0 Å². The molecular weight excluding hydrogens is 306 g/mol. The first kappa shape index (κ1) is 18.9. The van der Waals surface area contributed by atoms with Gasteiger partial charge in [0.05, 0.1) is 0 Å². The van der Waals surface area contributed by atoms with Gasteiger partial charge >= 0.3 is 0 Å². The van der Waals surface area contributed by atoms with Crippen LogP contribution in [0.25, 0.3) is 0 Å². The molecule has 2 N–H and O–H groups in total. The first-order valence-corrected chi connectivity index (χ1v) is 10.4. The lowest BCUT2D eigenvalue weighted by molar-refractivity contribution is 0.152. The minimum atomic E-state index is 0.601. The van der Waals surface area contributed by atoms with Gasteiger partial charge in [-0.3, -0.25) is 4.99 Å². The SMILES string of the molecule is CN=C(NCCCCN1CCN(C)CC1)NC1CCC(SC)C1. The third kappa shape index (κ3) is 6.89. The molecular formula is C17H35N5S. The lowest BCUT2D eigenvalue weighted by atomic mass is 10.2. The van der Waals surface area contributed by atoms with Crippen molar-refractivity contribution in [2.24, 2.45) is 4.99 Å². The van der Waals surface area contributed by atoms with Gasteiger partial charge in [-0.25, -0.2) is 0 Å².